The van der Waals surface area contributed by atoms with Crippen LogP contribution in [0.25, 0.3) is 0 Å². The van der Waals surface area contributed by atoms with E-state index in [2.05, 4.69) is 51.1 Å². The Morgan fingerprint density at radius 3 is 2.83 bits per heavy atom. The van der Waals surface area contributed by atoms with E-state index < -0.39 is 0 Å². The third-order valence-corrected chi connectivity index (χ3v) is 3.18. The highest BCUT2D eigenvalue weighted by molar-refractivity contribution is 14.1. The highest BCUT2D eigenvalue weighted by atomic mass is 127. The van der Waals surface area contributed by atoms with Crippen molar-refractivity contribution in [2.75, 3.05) is 12.4 Å². The van der Waals surface area contributed by atoms with E-state index >= 15 is 0 Å². The summed E-state index contributed by atoms with van der Waals surface area (Å²) in [5.74, 6) is 0.849. The second-order valence-electron chi connectivity index (χ2n) is 4.00. The van der Waals surface area contributed by atoms with Crippen LogP contribution >= 0.6 is 22.6 Å². The van der Waals surface area contributed by atoms with Crippen molar-refractivity contribution >= 4 is 28.3 Å². The minimum atomic E-state index is 0.693. The maximum absolute atomic E-state index is 5.24. The smallest absolute Gasteiger partial charge is 0.122 e. The molecule has 94 valence electrons. The van der Waals surface area contributed by atoms with Gasteiger partial charge in [0, 0.05) is 27.1 Å². The van der Waals surface area contributed by atoms with E-state index in [0.29, 0.717) is 6.54 Å². The molecule has 0 fully saturated rings. The van der Waals surface area contributed by atoms with Gasteiger partial charge < -0.3 is 10.1 Å². The summed E-state index contributed by atoms with van der Waals surface area (Å²) in [6, 6.07) is 12.1. The summed E-state index contributed by atoms with van der Waals surface area (Å²) in [5, 5.41) is 3.36. The molecule has 4 heteroatoms. The largest absolute Gasteiger partial charge is 0.497 e. The van der Waals surface area contributed by atoms with Crippen LogP contribution < -0.4 is 10.1 Å². The van der Waals surface area contributed by atoms with Crippen LogP contribution in [0.1, 0.15) is 11.4 Å². The van der Waals surface area contributed by atoms with Crippen LogP contribution in [0.4, 0.5) is 5.69 Å². The third-order valence-electron chi connectivity index (χ3n) is 2.51. The number of aromatic nitrogens is 1. The highest BCUT2D eigenvalue weighted by Crippen LogP contribution is 2.16. The number of ether oxygens (including phenoxy) is 1. The number of rotatable bonds is 4. The average molecular weight is 354 g/mol. The first kappa shape index (κ1) is 13.1. The van der Waals surface area contributed by atoms with Crippen molar-refractivity contribution in [3.63, 3.8) is 0 Å². The molecule has 0 unspecified atom stereocenters. The second kappa shape index (κ2) is 6.04. The van der Waals surface area contributed by atoms with Crippen LogP contribution in [0.5, 0.6) is 5.75 Å². The van der Waals surface area contributed by atoms with Crippen molar-refractivity contribution < 1.29 is 4.74 Å². The van der Waals surface area contributed by atoms with Crippen molar-refractivity contribution in [2.24, 2.45) is 0 Å². The quantitative estimate of drug-likeness (QED) is 0.852. The predicted octanol–water partition coefficient (Wildman–Crippen LogP) is 3.62. The fourth-order valence-corrected chi connectivity index (χ4v) is 2.25. The maximum atomic E-state index is 5.24. The van der Waals surface area contributed by atoms with Gasteiger partial charge in [-0.15, -0.1) is 0 Å². The molecule has 0 saturated heterocycles. The van der Waals surface area contributed by atoms with Crippen LogP contribution in [0.2, 0.25) is 0 Å². The molecule has 1 N–H and O–H groups in total. The Hall–Kier alpha value is -1.30. The van der Waals surface area contributed by atoms with E-state index in [1.807, 2.05) is 25.1 Å². The van der Waals surface area contributed by atoms with Crippen molar-refractivity contribution in [3.05, 3.63) is 51.4 Å². The summed E-state index contributed by atoms with van der Waals surface area (Å²) in [6.45, 7) is 2.66. The molecular weight excluding hydrogens is 339 g/mol. The number of anilines is 1. The molecule has 0 spiro atoms. The summed E-state index contributed by atoms with van der Waals surface area (Å²) in [7, 11) is 1.67. The Labute approximate surface area is 121 Å². The number of methoxy groups -OCH3 is 1. The van der Waals surface area contributed by atoms with Gasteiger partial charge in [0.25, 0.3) is 0 Å². The van der Waals surface area contributed by atoms with E-state index in [4.69, 9.17) is 4.74 Å². The van der Waals surface area contributed by atoms with Gasteiger partial charge in [-0.05, 0) is 47.7 Å². The fourth-order valence-electron chi connectivity index (χ4n) is 1.70. The molecule has 2 rings (SSSR count). The molecule has 1 heterocycles. The molecule has 1 aromatic carbocycles. The van der Waals surface area contributed by atoms with Gasteiger partial charge in [-0.25, -0.2) is 0 Å². The van der Waals surface area contributed by atoms with Crippen LogP contribution in [0.3, 0.4) is 0 Å². The maximum Gasteiger partial charge on any atom is 0.122 e. The molecule has 0 amide bonds. The Balaban J connectivity index is 2.08. The summed E-state index contributed by atoms with van der Waals surface area (Å²) >= 11 is 2.30. The Morgan fingerprint density at radius 1 is 1.28 bits per heavy atom. The summed E-state index contributed by atoms with van der Waals surface area (Å²) in [5.41, 5.74) is 3.05. The van der Waals surface area contributed by atoms with E-state index in [1.54, 1.807) is 7.11 Å². The molecule has 3 nitrogen and oxygen atoms in total. The van der Waals surface area contributed by atoms with Gasteiger partial charge in [0.2, 0.25) is 0 Å². The number of nitrogens with zero attached hydrogens (tertiary/aromatic N) is 1. The van der Waals surface area contributed by atoms with E-state index in [-0.39, 0.29) is 0 Å². The van der Waals surface area contributed by atoms with Crippen LogP contribution in [0.15, 0.2) is 36.4 Å². The lowest BCUT2D eigenvalue weighted by Crippen LogP contribution is -2.03. The Kier molecular flexibility index (Phi) is 4.41. The number of benzene rings is 1. The van der Waals surface area contributed by atoms with Crippen LogP contribution in [-0.4, -0.2) is 12.1 Å². The topological polar surface area (TPSA) is 34.1 Å². The number of nitrogens with one attached hydrogen (secondary N) is 1. The molecule has 1 aromatic heterocycles. The second-order valence-corrected chi connectivity index (χ2v) is 5.25. The normalized spacial score (nSPS) is 10.2. The zero-order valence-corrected chi connectivity index (χ0v) is 12.6. The zero-order valence-electron chi connectivity index (χ0n) is 10.4. The number of pyridine rings is 1. The number of halogens is 1. The van der Waals surface area contributed by atoms with E-state index in [1.165, 1.54) is 3.57 Å². The van der Waals surface area contributed by atoms with E-state index in [0.717, 1.165) is 22.8 Å². The lowest BCUT2D eigenvalue weighted by Gasteiger charge is -2.08. The molecule has 0 aliphatic heterocycles. The van der Waals surface area contributed by atoms with Crippen molar-refractivity contribution in [1.29, 1.82) is 0 Å². The van der Waals surface area contributed by atoms with Crippen LogP contribution in [0, 0.1) is 10.5 Å². The van der Waals surface area contributed by atoms with Gasteiger partial charge >= 0.3 is 0 Å². The van der Waals surface area contributed by atoms with Crippen molar-refractivity contribution in [1.82, 2.24) is 4.98 Å². The fraction of sp³-hybridized carbons (Fsp3) is 0.214. The summed E-state index contributed by atoms with van der Waals surface area (Å²) < 4.78 is 6.45. The Bertz CT molecular complexity index is 543. The average Bonchev–Trinajstić information content (AvgIpc) is 2.36. The van der Waals surface area contributed by atoms with Gasteiger partial charge in [0.05, 0.1) is 19.3 Å². The minimum Gasteiger partial charge on any atom is -0.497 e. The molecule has 0 radical (unpaired) electrons. The molecule has 0 aliphatic rings. The highest BCUT2D eigenvalue weighted by Gasteiger charge is 2.01. The standard InChI is InChI=1S/C14H15IN2O/c1-10-6-14(18-2)8-13(17-10)9-16-12-5-3-4-11(15)7-12/h3-8,16H,9H2,1-2H3. The first-order chi connectivity index (χ1) is 8.67. The summed E-state index contributed by atoms with van der Waals surface area (Å²) in [4.78, 5) is 4.47. The Morgan fingerprint density at radius 2 is 2.11 bits per heavy atom. The lowest BCUT2D eigenvalue weighted by molar-refractivity contribution is 0.413. The summed E-state index contributed by atoms with van der Waals surface area (Å²) in [6.07, 6.45) is 0. The first-order valence-electron chi connectivity index (χ1n) is 5.68. The number of hydrogen-bond acceptors (Lipinski definition) is 3. The number of aryl methyl sites for hydroxylation is 1. The lowest BCUT2D eigenvalue weighted by atomic mass is 10.2. The molecule has 0 bridgehead atoms. The van der Waals surface area contributed by atoms with Crippen molar-refractivity contribution in [2.45, 2.75) is 13.5 Å². The van der Waals surface area contributed by atoms with Gasteiger partial charge in [0.1, 0.15) is 5.75 Å². The zero-order chi connectivity index (χ0) is 13.0. The SMILES string of the molecule is COc1cc(C)nc(CNc2cccc(I)c2)c1. The van der Waals surface area contributed by atoms with E-state index in [9.17, 15) is 0 Å². The van der Waals surface area contributed by atoms with Gasteiger partial charge in [-0.1, -0.05) is 6.07 Å². The molecule has 0 aliphatic carbocycles. The molecule has 0 atom stereocenters. The molecular formula is C14H15IN2O. The van der Waals surface area contributed by atoms with Gasteiger partial charge in [0.15, 0.2) is 0 Å². The van der Waals surface area contributed by atoms with Gasteiger partial charge in [-0.2, -0.15) is 0 Å². The molecule has 0 saturated carbocycles. The monoisotopic (exact) mass is 354 g/mol. The van der Waals surface area contributed by atoms with Crippen molar-refractivity contribution in [3.8, 4) is 5.75 Å². The minimum absolute atomic E-state index is 0.693. The predicted molar refractivity (Wildman–Crippen MR) is 82.0 cm³/mol. The van der Waals surface area contributed by atoms with Gasteiger partial charge in [-0.3, -0.25) is 4.98 Å². The number of hydrogen-bond donors (Lipinski definition) is 1. The first-order valence-corrected chi connectivity index (χ1v) is 6.76. The molecule has 18 heavy (non-hydrogen) atoms. The third kappa shape index (κ3) is 3.60. The molecule has 2 aromatic rings. The van der Waals surface area contributed by atoms with Crippen LogP contribution in [-0.2, 0) is 6.54 Å².